The van der Waals surface area contributed by atoms with Gasteiger partial charge >= 0.3 is 12.1 Å². The Bertz CT molecular complexity index is 501. The van der Waals surface area contributed by atoms with Crippen molar-refractivity contribution in [3.05, 3.63) is 23.9 Å². The van der Waals surface area contributed by atoms with Crippen LogP contribution >= 0.6 is 11.8 Å². The first-order valence-corrected chi connectivity index (χ1v) is 7.07. The van der Waals surface area contributed by atoms with E-state index in [1.807, 2.05) is 0 Å². The van der Waals surface area contributed by atoms with Crippen LogP contribution in [0.25, 0.3) is 0 Å². The number of thioether (sulfide) groups is 1. The van der Waals surface area contributed by atoms with Gasteiger partial charge in [-0.25, -0.2) is 4.98 Å². The normalized spacial score (nSPS) is 16.8. The van der Waals surface area contributed by atoms with E-state index >= 15 is 0 Å². The lowest BCUT2D eigenvalue weighted by atomic mass is 10.1. The van der Waals surface area contributed by atoms with Gasteiger partial charge in [-0.2, -0.15) is 13.2 Å². The molecule has 0 bridgehead atoms. The zero-order valence-corrected chi connectivity index (χ0v) is 11.7. The Morgan fingerprint density at radius 2 is 2.15 bits per heavy atom. The number of pyridine rings is 1. The molecule has 0 amide bonds. The van der Waals surface area contributed by atoms with E-state index in [-0.39, 0.29) is 11.4 Å². The van der Waals surface area contributed by atoms with Gasteiger partial charge in [0, 0.05) is 5.75 Å². The Morgan fingerprint density at radius 3 is 2.70 bits per heavy atom. The van der Waals surface area contributed by atoms with Crippen LogP contribution in [0.1, 0.15) is 25.0 Å². The second kappa shape index (κ2) is 5.63. The molecule has 1 aromatic rings. The van der Waals surface area contributed by atoms with Gasteiger partial charge in [-0.3, -0.25) is 4.79 Å². The van der Waals surface area contributed by atoms with Gasteiger partial charge in [0.1, 0.15) is 5.69 Å². The molecule has 1 aliphatic carbocycles. The maximum absolute atomic E-state index is 12.5. The topological polar surface area (TPSA) is 39.2 Å². The number of ether oxygens (including phenoxy) is 1. The summed E-state index contributed by atoms with van der Waals surface area (Å²) < 4.78 is 42.2. The summed E-state index contributed by atoms with van der Waals surface area (Å²) in [5, 5.41) is 0.330. The van der Waals surface area contributed by atoms with Crippen molar-refractivity contribution in [1.82, 2.24) is 4.98 Å². The van der Waals surface area contributed by atoms with Gasteiger partial charge in [0.25, 0.3) is 0 Å². The summed E-state index contributed by atoms with van der Waals surface area (Å²) in [5.41, 5.74) is -1.02. The fourth-order valence-corrected chi connectivity index (χ4v) is 2.99. The summed E-state index contributed by atoms with van der Waals surface area (Å²) in [6, 6.07) is 3.84. The van der Waals surface area contributed by atoms with Crippen molar-refractivity contribution in [2.24, 2.45) is 5.41 Å². The highest BCUT2D eigenvalue weighted by Crippen LogP contribution is 2.52. The number of halogens is 3. The van der Waals surface area contributed by atoms with Gasteiger partial charge in [0.05, 0.1) is 18.6 Å². The predicted octanol–water partition coefficient (Wildman–Crippen LogP) is 3.54. The van der Waals surface area contributed by atoms with E-state index in [4.69, 9.17) is 0 Å². The summed E-state index contributed by atoms with van der Waals surface area (Å²) >= 11 is 1.25. The number of rotatable bonds is 5. The fraction of sp³-hybridized carbons (Fsp3) is 0.538. The average molecular weight is 305 g/mol. The number of carbonyl (C=O) groups is 1. The van der Waals surface area contributed by atoms with Crippen molar-refractivity contribution in [2.75, 3.05) is 12.9 Å². The van der Waals surface area contributed by atoms with Crippen LogP contribution in [-0.2, 0) is 15.7 Å². The molecule has 0 spiro atoms. The van der Waals surface area contributed by atoms with E-state index < -0.39 is 11.9 Å². The van der Waals surface area contributed by atoms with Crippen LogP contribution in [-0.4, -0.2) is 23.8 Å². The first-order chi connectivity index (χ1) is 9.35. The maximum Gasteiger partial charge on any atom is 0.433 e. The summed E-state index contributed by atoms with van der Waals surface area (Å²) in [5.74, 6) is 0.302. The van der Waals surface area contributed by atoms with Gasteiger partial charge in [-0.05, 0) is 30.4 Å². The van der Waals surface area contributed by atoms with Crippen LogP contribution in [0.2, 0.25) is 0 Å². The van der Waals surface area contributed by atoms with E-state index in [2.05, 4.69) is 9.72 Å². The fourth-order valence-electron chi connectivity index (χ4n) is 1.81. The quantitative estimate of drug-likeness (QED) is 0.616. The number of alkyl halides is 3. The molecule has 0 radical (unpaired) electrons. The third kappa shape index (κ3) is 3.88. The lowest BCUT2D eigenvalue weighted by molar-refractivity contribution is -0.142. The van der Waals surface area contributed by atoms with Gasteiger partial charge < -0.3 is 4.74 Å². The van der Waals surface area contributed by atoms with Gasteiger partial charge in [0.2, 0.25) is 0 Å². The van der Waals surface area contributed by atoms with Crippen LogP contribution in [0.3, 0.4) is 0 Å². The first-order valence-electron chi connectivity index (χ1n) is 6.09. The highest BCUT2D eigenvalue weighted by molar-refractivity contribution is 7.99. The van der Waals surface area contributed by atoms with E-state index in [1.165, 1.54) is 24.9 Å². The molecule has 0 saturated heterocycles. The van der Waals surface area contributed by atoms with Crippen LogP contribution in [0.4, 0.5) is 13.2 Å². The molecule has 1 fully saturated rings. The molecular formula is C13H14F3NO2S. The van der Waals surface area contributed by atoms with Crippen molar-refractivity contribution in [3.63, 3.8) is 0 Å². The molecule has 1 saturated carbocycles. The number of carbonyl (C=O) groups excluding carboxylic acids is 1. The third-order valence-electron chi connectivity index (χ3n) is 3.24. The Hall–Kier alpha value is -1.24. The second-order valence-electron chi connectivity index (χ2n) is 4.90. The number of hydrogen-bond donors (Lipinski definition) is 0. The van der Waals surface area contributed by atoms with E-state index in [0.29, 0.717) is 17.2 Å². The minimum Gasteiger partial charge on any atom is -0.469 e. The summed E-state index contributed by atoms with van der Waals surface area (Å²) in [4.78, 5) is 14.9. The Kier molecular flexibility index (Phi) is 4.27. The number of hydrogen-bond acceptors (Lipinski definition) is 4. The minimum atomic E-state index is -4.43. The van der Waals surface area contributed by atoms with E-state index in [9.17, 15) is 18.0 Å². The second-order valence-corrected chi connectivity index (χ2v) is 5.90. The largest absolute Gasteiger partial charge is 0.469 e. The molecule has 7 heteroatoms. The number of esters is 1. The maximum atomic E-state index is 12.5. The average Bonchev–Trinajstić information content (AvgIpc) is 3.16. The molecule has 0 aliphatic heterocycles. The lowest BCUT2D eigenvalue weighted by Gasteiger charge is -2.13. The molecule has 3 nitrogen and oxygen atoms in total. The highest BCUT2D eigenvalue weighted by Gasteiger charge is 2.44. The van der Waals surface area contributed by atoms with Crippen LogP contribution in [0.15, 0.2) is 23.2 Å². The summed E-state index contributed by atoms with van der Waals surface area (Å²) in [6.07, 6.45) is -2.32. The molecule has 0 unspecified atom stereocenters. The highest BCUT2D eigenvalue weighted by atomic mass is 32.2. The van der Waals surface area contributed by atoms with Gasteiger partial charge in [-0.15, -0.1) is 11.8 Å². The zero-order chi connectivity index (χ0) is 14.8. The SMILES string of the molecule is COC(=O)CC1(CSc2cccc(C(F)(F)F)n2)CC1. The van der Waals surface area contributed by atoms with E-state index in [1.54, 1.807) is 6.07 Å². The van der Waals surface area contributed by atoms with Crippen LogP contribution in [0.5, 0.6) is 0 Å². The van der Waals surface area contributed by atoms with Gasteiger partial charge in [0.15, 0.2) is 0 Å². The molecule has 110 valence electrons. The van der Waals surface area contributed by atoms with E-state index in [0.717, 1.165) is 18.9 Å². The molecule has 0 atom stereocenters. The monoisotopic (exact) mass is 305 g/mol. The van der Waals surface area contributed by atoms with Crippen molar-refractivity contribution in [3.8, 4) is 0 Å². The third-order valence-corrected chi connectivity index (χ3v) is 4.52. The van der Waals surface area contributed by atoms with Crippen LogP contribution < -0.4 is 0 Å². The standard InChI is InChI=1S/C13H14F3NO2S/c1-19-11(18)7-12(5-6-12)8-20-10-4-2-3-9(17-10)13(14,15)16/h2-4H,5-8H2,1H3. The number of aromatic nitrogens is 1. The number of nitrogens with zero attached hydrogens (tertiary/aromatic N) is 1. The smallest absolute Gasteiger partial charge is 0.433 e. The minimum absolute atomic E-state index is 0.131. The van der Waals surface area contributed by atoms with Crippen LogP contribution in [0, 0.1) is 5.41 Å². The Balaban J connectivity index is 1.96. The molecule has 20 heavy (non-hydrogen) atoms. The summed E-state index contributed by atoms with van der Waals surface area (Å²) in [6.45, 7) is 0. The van der Waals surface area contributed by atoms with Crippen molar-refractivity contribution in [1.29, 1.82) is 0 Å². The van der Waals surface area contributed by atoms with Crippen molar-refractivity contribution < 1.29 is 22.7 Å². The first kappa shape index (κ1) is 15.2. The Morgan fingerprint density at radius 1 is 1.45 bits per heavy atom. The zero-order valence-electron chi connectivity index (χ0n) is 10.9. The molecule has 1 aliphatic rings. The molecular weight excluding hydrogens is 291 g/mol. The molecule has 2 rings (SSSR count). The molecule has 0 N–H and O–H groups in total. The molecule has 1 aromatic heterocycles. The molecule has 0 aromatic carbocycles. The molecule has 1 heterocycles. The number of methoxy groups -OCH3 is 1. The van der Waals surface area contributed by atoms with Crippen molar-refractivity contribution >= 4 is 17.7 Å². The van der Waals surface area contributed by atoms with Crippen molar-refractivity contribution in [2.45, 2.75) is 30.5 Å². The lowest BCUT2D eigenvalue weighted by Crippen LogP contribution is -2.13. The van der Waals surface area contributed by atoms with Gasteiger partial charge in [-0.1, -0.05) is 6.07 Å². The summed E-state index contributed by atoms with van der Waals surface area (Å²) in [7, 11) is 1.33. The predicted molar refractivity (Wildman–Crippen MR) is 68.3 cm³/mol. The Labute approximate surface area is 118 Å².